The van der Waals surface area contributed by atoms with Crippen LogP contribution in [0.25, 0.3) is 0 Å². The molecule has 1 saturated heterocycles. The lowest BCUT2D eigenvalue weighted by molar-refractivity contribution is 0.185. The molecule has 2 heterocycles. The molecular formula is C18H26N2O4. The van der Waals surface area contributed by atoms with Gasteiger partial charge in [0.1, 0.15) is 17.6 Å². The summed E-state index contributed by atoms with van der Waals surface area (Å²) in [5, 5.41) is 5.80. The first-order chi connectivity index (χ1) is 11.7. The molecule has 2 N–H and O–H groups in total. The topological polar surface area (TPSA) is 68.8 Å². The summed E-state index contributed by atoms with van der Waals surface area (Å²) in [6, 6.07) is 3.85. The fourth-order valence-electron chi connectivity index (χ4n) is 3.13. The molecular weight excluding hydrogens is 308 g/mol. The van der Waals surface area contributed by atoms with Crippen molar-refractivity contribution in [2.75, 3.05) is 26.4 Å². The fourth-order valence-corrected chi connectivity index (χ4v) is 3.13. The molecule has 0 bridgehead atoms. The van der Waals surface area contributed by atoms with Crippen molar-refractivity contribution in [2.24, 2.45) is 5.92 Å². The van der Waals surface area contributed by atoms with E-state index >= 15 is 0 Å². The zero-order valence-corrected chi connectivity index (χ0v) is 14.4. The van der Waals surface area contributed by atoms with E-state index < -0.39 is 0 Å². The van der Waals surface area contributed by atoms with Gasteiger partial charge in [0.25, 0.3) is 0 Å². The summed E-state index contributed by atoms with van der Waals surface area (Å²) in [7, 11) is 0. The SMILES string of the molecule is CCOc1cc2c(cc1CNC(=O)NC[C@H]1CCOC1)O[C@@H](C)C2. The molecule has 2 atom stereocenters. The van der Waals surface area contributed by atoms with E-state index in [1.54, 1.807) is 0 Å². The Balaban J connectivity index is 1.57. The molecule has 6 nitrogen and oxygen atoms in total. The molecule has 3 rings (SSSR count). The second-order valence-electron chi connectivity index (χ2n) is 6.43. The quantitative estimate of drug-likeness (QED) is 0.837. The molecule has 2 aliphatic rings. The lowest BCUT2D eigenvalue weighted by Gasteiger charge is -2.14. The van der Waals surface area contributed by atoms with Crippen LogP contribution in [0.15, 0.2) is 12.1 Å². The minimum Gasteiger partial charge on any atom is -0.494 e. The maximum Gasteiger partial charge on any atom is 0.315 e. The lowest BCUT2D eigenvalue weighted by atomic mass is 10.1. The molecule has 1 fully saturated rings. The second kappa shape index (κ2) is 7.75. The Morgan fingerprint density at radius 2 is 2.25 bits per heavy atom. The molecule has 0 spiro atoms. The number of hydrogen-bond acceptors (Lipinski definition) is 4. The van der Waals surface area contributed by atoms with Gasteiger partial charge in [-0.15, -0.1) is 0 Å². The van der Waals surface area contributed by atoms with E-state index in [4.69, 9.17) is 14.2 Å². The summed E-state index contributed by atoms with van der Waals surface area (Å²) in [4.78, 5) is 12.0. The predicted octanol–water partition coefficient (Wildman–Crippen LogP) is 2.24. The van der Waals surface area contributed by atoms with Crippen LogP contribution in [-0.2, 0) is 17.7 Å². The van der Waals surface area contributed by atoms with Crippen LogP contribution in [0.2, 0.25) is 0 Å². The number of hydrogen-bond donors (Lipinski definition) is 2. The normalized spacial score (nSPS) is 21.9. The summed E-state index contributed by atoms with van der Waals surface area (Å²) in [6.45, 7) is 7.19. The van der Waals surface area contributed by atoms with E-state index in [1.807, 2.05) is 19.1 Å². The molecule has 0 unspecified atom stereocenters. The Hall–Kier alpha value is -1.95. The van der Waals surface area contributed by atoms with Gasteiger partial charge in [-0.1, -0.05) is 0 Å². The largest absolute Gasteiger partial charge is 0.494 e. The van der Waals surface area contributed by atoms with Crippen molar-refractivity contribution < 1.29 is 19.0 Å². The molecule has 2 aliphatic heterocycles. The van der Waals surface area contributed by atoms with Gasteiger partial charge in [0.2, 0.25) is 0 Å². The third-order valence-corrected chi connectivity index (χ3v) is 4.39. The minimum atomic E-state index is -0.167. The van der Waals surface area contributed by atoms with Crippen LogP contribution in [0, 0.1) is 5.92 Å². The third kappa shape index (κ3) is 4.12. The first kappa shape index (κ1) is 16.9. The zero-order valence-electron chi connectivity index (χ0n) is 14.4. The fraction of sp³-hybridized carbons (Fsp3) is 0.611. The van der Waals surface area contributed by atoms with E-state index in [9.17, 15) is 4.79 Å². The number of benzene rings is 1. The Kier molecular flexibility index (Phi) is 5.45. The van der Waals surface area contributed by atoms with Gasteiger partial charge in [0, 0.05) is 43.2 Å². The Bertz CT molecular complexity index is 585. The van der Waals surface area contributed by atoms with Crippen molar-refractivity contribution >= 4 is 6.03 Å². The lowest BCUT2D eigenvalue weighted by Crippen LogP contribution is -2.38. The van der Waals surface area contributed by atoms with Crippen LogP contribution in [0.5, 0.6) is 11.5 Å². The van der Waals surface area contributed by atoms with Crippen molar-refractivity contribution in [2.45, 2.75) is 39.3 Å². The molecule has 132 valence electrons. The standard InChI is InChI=1S/C18H26N2O4/c1-3-23-16-7-14-6-12(2)24-17(14)8-15(16)10-20-18(21)19-9-13-4-5-22-11-13/h7-8,12-13H,3-6,9-11H2,1-2H3,(H2,19,20,21)/t12-,13+/m0/s1. The van der Waals surface area contributed by atoms with Gasteiger partial charge in [0.05, 0.1) is 13.2 Å². The first-order valence-electron chi connectivity index (χ1n) is 8.70. The van der Waals surface area contributed by atoms with Crippen LogP contribution < -0.4 is 20.1 Å². The number of urea groups is 1. The summed E-state index contributed by atoms with van der Waals surface area (Å²) in [6.07, 6.45) is 2.09. The monoisotopic (exact) mass is 334 g/mol. The molecule has 24 heavy (non-hydrogen) atoms. The van der Waals surface area contributed by atoms with Crippen LogP contribution in [0.4, 0.5) is 4.79 Å². The summed E-state index contributed by atoms with van der Waals surface area (Å²) < 4.78 is 16.8. The third-order valence-electron chi connectivity index (χ3n) is 4.39. The van der Waals surface area contributed by atoms with Crippen molar-refractivity contribution in [1.82, 2.24) is 10.6 Å². The zero-order chi connectivity index (χ0) is 16.9. The summed E-state index contributed by atoms with van der Waals surface area (Å²) >= 11 is 0. The average molecular weight is 334 g/mol. The number of carbonyl (C=O) groups is 1. The highest BCUT2D eigenvalue weighted by atomic mass is 16.5. The minimum absolute atomic E-state index is 0.167. The molecule has 0 aromatic heterocycles. The molecule has 1 aromatic carbocycles. The van der Waals surface area contributed by atoms with Gasteiger partial charge in [-0.25, -0.2) is 4.79 Å². The van der Waals surface area contributed by atoms with Crippen LogP contribution in [0.3, 0.4) is 0 Å². The van der Waals surface area contributed by atoms with E-state index in [1.165, 1.54) is 5.56 Å². The number of carbonyl (C=O) groups excluding carboxylic acids is 1. The van der Waals surface area contributed by atoms with Crippen molar-refractivity contribution in [3.63, 3.8) is 0 Å². The van der Waals surface area contributed by atoms with E-state index in [-0.39, 0.29) is 12.1 Å². The summed E-state index contributed by atoms with van der Waals surface area (Å²) in [5.41, 5.74) is 2.10. The molecule has 0 aliphatic carbocycles. The Morgan fingerprint density at radius 3 is 3.00 bits per heavy atom. The maximum absolute atomic E-state index is 12.0. The van der Waals surface area contributed by atoms with Gasteiger partial charge in [-0.2, -0.15) is 0 Å². The highest BCUT2D eigenvalue weighted by molar-refractivity contribution is 5.74. The first-order valence-corrected chi connectivity index (χ1v) is 8.70. The second-order valence-corrected chi connectivity index (χ2v) is 6.43. The Labute approximate surface area is 142 Å². The van der Waals surface area contributed by atoms with Gasteiger partial charge in [0.15, 0.2) is 0 Å². The van der Waals surface area contributed by atoms with Crippen LogP contribution in [0.1, 0.15) is 31.4 Å². The molecule has 0 saturated carbocycles. The molecule has 2 amide bonds. The molecule has 6 heteroatoms. The van der Waals surface area contributed by atoms with Crippen molar-refractivity contribution in [3.8, 4) is 11.5 Å². The van der Waals surface area contributed by atoms with Crippen molar-refractivity contribution in [3.05, 3.63) is 23.3 Å². The van der Waals surface area contributed by atoms with Gasteiger partial charge >= 0.3 is 6.03 Å². The van der Waals surface area contributed by atoms with Gasteiger partial charge in [-0.3, -0.25) is 0 Å². The Morgan fingerprint density at radius 1 is 1.38 bits per heavy atom. The van der Waals surface area contributed by atoms with Crippen LogP contribution >= 0.6 is 0 Å². The maximum atomic E-state index is 12.0. The number of nitrogens with one attached hydrogen (secondary N) is 2. The van der Waals surface area contributed by atoms with Gasteiger partial charge < -0.3 is 24.8 Å². The summed E-state index contributed by atoms with van der Waals surface area (Å²) in [5.74, 6) is 2.13. The number of rotatable bonds is 6. The van der Waals surface area contributed by atoms with E-state index in [2.05, 4.69) is 17.6 Å². The van der Waals surface area contributed by atoms with E-state index in [0.29, 0.717) is 25.6 Å². The number of ether oxygens (including phenoxy) is 3. The van der Waals surface area contributed by atoms with Crippen LogP contribution in [-0.4, -0.2) is 38.5 Å². The highest BCUT2D eigenvalue weighted by Crippen LogP contribution is 2.35. The predicted molar refractivity (Wildman–Crippen MR) is 90.6 cm³/mol. The van der Waals surface area contributed by atoms with E-state index in [0.717, 1.165) is 43.1 Å². The van der Waals surface area contributed by atoms with Crippen molar-refractivity contribution in [1.29, 1.82) is 0 Å². The smallest absolute Gasteiger partial charge is 0.315 e. The van der Waals surface area contributed by atoms with Gasteiger partial charge in [-0.05, 0) is 32.4 Å². The number of fused-ring (bicyclic) bond motifs is 1. The molecule has 0 radical (unpaired) electrons. The average Bonchev–Trinajstić information content (AvgIpc) is 3.19. The highest BCUT2D eigenvalue weighted by Gasteiger charge is 2.22. The molecule has 1 aromatic rings. The number of amides is 2.